The van der Waals surface area contributed by atoms with Crippen LogP contribution in [0.3, 0.4) is 0 Å². The van der Waals surface area contributed by atoms with Crippen LogP contribution in [-0.4, -0.2) is 0 Å². The highest BCUT2D eigenvalue weighted by Gasteiger charge is 2.26. The molecule has 0 saturated heterocycles. The highest BCUT2D eigenvalue weighted by Crippen LogP contribution is 2.49. The van der Waals surface area contributed by atoms with Crippen molar-refractivity contribution < 1.29 is 0 Å². The summed E-state index contributed by atoms with van der Waals surface area (Å²) in [4.78, 5) is 0. The van der Waals surface area contributed by atoms with Gasteiger partial charge in [-0.05, 0) is 162 Å². The standard InChI is InChI=1S/C52H42/c1-4-12-33(32(3)5-2)21-22-37-31-50(44-20-11-18-42-39-16-9-7-14-36(39)30-49(42)44)47-26-24-34-23-25-45(46-28-27-40(37)52(47)51(34)46)43-19-10-17-41-38-15-8-6-13-35(38)29-48(41)43/h4,6-20,23-28,31H,5,21-22,29-30H2,1-3H3/b12-4-,33-32+. The van der Waals surface area contributed by atoms with Crippen LogP contribution in [0.2, 0.25) is 0 Å². The van der Waals surface area contributed by atoms with Crippen molar-refractivity contribution in [2.45, 2.75) is 52.9 Å². The van der Waals surface area contributed by atoms with Gasteiger partial charge < -0.3 is 0 Å². The summed E-state index contributed by atoms with van der Waals surface area (Å²) in [7, 11) is 0. The maximum absolute atomic E-state index is 2.55. The highest BCUT2D eigenvalue weighted by molar-refractivity contribution is 6.28. The van der Waals surface area contributed by atoms with Crippen LogP contribution in [0, 0.1) is 0 Å². The molecule has 8 aromatic rings. The Morgan fingerprint density at radius 1 is 0.538 bits per heavy atom. The van der Waals surface area contributed by atoms with Crippen molar-refractivity contribution in [1.82, 2.24) is 0 Å². The monoisotopic (exact) mass is 666 g/mol. The molecule has 0 heteroatoms. The van der Waals surface area contributed by atoms with Crippen LogP contribution in [0.15, 0.2) is 151 Å². The van der Waals surface area contributed by atoms with Crippen molar-refractivity contribution in [3.8, 4) is 44.5 Å². The third-order valence-electron chi connectivity index (χ3n) is 12.3. The van der Waals surface area contributed by atoms with Crippen LogP contribution in [0.5, 0.6) is 0 Å². The maximum atomic E-state index is 2.55. The molecule has 2 aliphatic rings. The molecule has 0 spiro atoms. The molecule has 0 heterocycles. The molecule has 0 aromatic heterocycles. The fourth-order valence-corrected chi connectivity index (χ4v) is 9.59. The first-order valence-electron chi connectivity index (χ1n) is 19.1. The van der Waals surface area contributed by atoms with E-state index in [1.165, 1.54) is 116 Å². The van der Waals surface area contributed by atoms with Crippen molar-refractivity contribution >= 4 is 32.3 Å². The minimum Gasteiger partial charge on any atom is -0.0874 e. The fraction of sp³-hybridized carbons (Fsp3) is 0.154. The number of fused-ring (bicyclic) bond motifs is 6. The van der Waals surface area contributed by atoms with E-state index in [-0.39, 0.29) is 0 Å². The van der Waals surface area contributed by atoms with Crippen LogP contribution in [-0.2, 0) is 19.3 Å². The maximum Gasteiger partial charge on any atom is -0.000728 e. The highest BCUT2D eigenvalue weighted by atomic mass is 14.3. The van der Waals surface area contributed by atoms with E-state index in [0.29, 0.717) is 0 Å². The van der Waals surface area contributed by atoms with Gasteiger partial charge in [-0.15, -0.1) is 0 Å². The molecule has 0 amide bonds. The van der Waals surface area contributed by atoms with Crippen molar-refractivity contribution in [3.05, 3.63) is 179 Å². The molecule has 0 bridgehead atoms. The number of hydrogen-bond acceptors (Lipinski definition) is 0. The SMILES string of the molecule is C/C=C\C(CCc1cc(-c2cccc3c2Cc2ccccc2-3)c2ccc3ccc(-c4cccc5c4Cc4ccccc4-5)c4ccc1c2c34)=C(\C)CC. The van der Waals surface area contributed by atoms with E-state index in [4.69, 9.17) is 0 Å². The predicted molar refractivity (Wildman–Crippen MR) is 224 cm³/mol. The Labute approximate surface area is 307 Å². The first-order valence-corrected chi connectivity index (χ1v) is 19.1. The van der Waals surface area contributed by atoms with E-state index in [0.717, 1.165) is 32.1 Å². The summed E-state index contributed by atoms with van der Waals surface area (Å²) < 4.78 is 0. The van der Waals surface area contributed by atoms with E-state index in [2.05, 4.69) is 160 Å². The summed E-state index contributed by atoms with van der Waals surface area (Å²) in [6.45, 7) is 6.72. The largest absolute Gasteiger partial charge is 0.0874 e. The average Bonchev–Trinajstić information content (AvgIpc) is 3.77. The Balaban J connectivity index is 1.23. The fourth-order valence-electron chi connectivity index (χ4n) is 9.59. The number of rotatable bonds is 7. The molecular formula is C52H42. The second-order valence-electron chi connectivity index (χ2n) is 14.9. The lowest BCUT2D eigenvalue weighted by molar-refractivity contribution is 0.932. The van der Waals surface area contributed by atoms with Crippen LogP contribution < -0.4 is 0 Å². The van der Waals surface area contributed by atoms with Gasteiger partial charge in [-0.1, -0.05) is 146 Å². The first kappa shape index (κ1) is 31.1. The van der Waals surface area contributed by atoms with Crippen molar-refractivity contribution in [2.24, 2.45) is 0 Å². The lowest BCUT2D eigenvalue weighted by Gasteiger charge is -2.21. The molecule has 0 unspecified atom stereocenters. The van der Waals surface area contributed by atoms with Gasteiger partial charge in [0.25, 0.3) is 0 Å². The molecule has 0 N–H and O–H groups in total. The summed E-state index contributed by atoms with van der Waals surface area (Å²) in [5.41, 5.74) is 21.2. The smallest absolute Gasteiger partial charge is 0.000728 e. The van der Waals surface area contributed by atoms with Crippen molar-refractivity contribution in [2.75, 3.05) is 0 Å². The zero-order valence-electron chi connectivity index (χ0n) is 30.3. The quantitative estimate of drug-likeness (QED) is 0.117. The summed E-state index contributed by atoms with van der Waals surface area (Å²) >= 11 is 0. The Morgan fingerprint density at radius 3 is 1.73 bits per heavy atom. The van der Waals surface area contributed by atoms with E-state index >= 15 is 0 Å². The van der Waals surface area contributed by atoms with Gasteiger partial charge in [0.1, 0.15) is 0 Å². The third-order valence-corrected chi connectivity index (χ3v) is 12.3. The Morgan fingerprint density at radius 2 is 1.08 bits per heavy atom. The number of aryl methyl sites for hydroxylation is 1. The van der Waals surface area contributed by atoms with E-state index < -0.39 is 0 Å². The van der Waals surface area contributed by atoms with E-state index in [1.807, 2.05) is 0 Å². The summed E-state index contributed by atoms with van der Waals surface area (Å²) in [6.07, 6.45) is 9.62. The minimum atomic E-state index is 0.981. The first-order chi connectivity index (χ1) is 25.6. The molecule has 10 rings (SSSR count). The Bertz CT molecular complexity index is 2780. The molecule has 0 aliphatic heterocycles. The number of benzene rings is 8. The number of allylic oxidation sites excluding steroid dienone is 4. The van der Waals surface area contributed by atoms with Crippen LogP contribution in [0.25, 0.3) is 76.8 Å². The molecule has 0 fully saturated rings. The van der Waals surface area contributed by atoms with Gasteiger partial charge in [-0.3, -0.25) is 0 Å². The molecule has 0 saturated carbocycles. The zero-order valence-corrected chi connectivity index (χ0v) is 30.3. The summed E-state index contributed by atoms with van der Waals surface area (Å²) in [5.74, 6) is 0. The third kappa shape index (κ3) is 4.67. The van der Waals surface area contributed by atoms with Crippen LogP contribution in [0.1, 0.15) is 61.4 Å². The van der Waals surface area contributed by atoms with Gasteiger partial charge in [0.05, 0.1) is 0 Å². The number of hydrogen-bond donors (Lipinski definition) is 0. The lowest BCUT2D eigenvalue weighted by atomic mass is 9.82. The molecular weight excluding hydrogens is 625 g/mol. The normalized spacial score (nSPS) is 13.6. The Hall–Kier alpha value is -5.72. The van der Waals surface area contributed by atoms with Gasteiger partial charge in [-0.2, -0.15) is 0 Å². The van der Waals surface area contributed by atoms with Crippen molar-refractivity contribution in [3.63, 3.8) is 0 Å². The minimum absolute atomic E-state index is 0.981. The van der Waals surface area contributed by atoms with Crippen molar-refractivity contribution in [1.29, 1.82) is 0 Å². The second kappa shape index (κ2) is 12.2. The van der Waals surface area contributed by atoms with Gasteiger partial charge >= 0.3 is 0 Å². The molecule has 8 aromatic carbocycles. The topological polar surface area (TPSA) is 0 Å². The lowest BCUT2D eigenvalue weighted by Crippen LogP contribution is -1.98. The van der Waals surface area contributed by atoms with Gasteiger partial charge in [0.15, 0.2) is 0 Å². The van der Waals surface area contributed by atoms with E-state index in [1.54, 1.807) is 0 Å². The van der Waals surface area contributed by atoms with E-state index in [9.17, 15) is 0 Å². The second-order valence-corrected chi connectivity index (χ2v) is 14.9. The molecule has 0 atom stereocenters. The van der Waals surface area contributed by atoms with Gasteiger partial charge in [0, 0.05) is 0 Å². The summed E-state index contributed by atoms with van der Waals surface area (Å²) in [5, 5.41) is 8.23. The molecule has 250 valence electrons. The molecule has 0 nitrogen and oxygen atoms in total. The molecule has 52 heavy (non-hydrogen) atoms. The zero-order chi connectivity index (χ0) is 34.9. The molecule has 0 radical (unpaired) electrons. The predicted octanol–water partition coefficient (Wildman–Crippen LogP) is 14.3. The molecule has 2 aliphatic carbocycles. The average molecular weight is 667 g/mol. The van der Waals surface area contributed by atoms with Gasteiger partial charge in [-0.25, -0.2) is 0 Å². The Kier molecular flexibility index (Phi) is 7.29. The van der Waals surface area contributed by atoms with Crippen LogP contribution >= 0.6 is 0 Å². The van der Waals surface area contributed by atoms with Crippen LogP contribution in [0.4, 0.5) is 0 Å². The summed E-state index contributed by atoms with van der Waals surface area (Å²) in [6, 6.07) is 48.8. The van der Waals surface area contributed by atoms with Gasteiger partial charge in [0.2, 0.25) is 0 Å².